The van der Waals surface area contributed by atoms with E-state index in [1.165, 1.54) is 4.80 Å². The monoisotopic (exact) mass is 498 g/mol. The maximum Gasteiger partial charge on any atom is 0.247 e. The van der Waals surface area contributed by atoms with Crippen molar-refractivity contribution >= 4 is 23.4 Å². The zero-order valence-corrected chi connectivity index (χ0v) is 21.4. The minimum atomic E-state index is -0.664. The summed E-state index contributed by atoms with van der Waals surface area (Å²) in [4.78, 5) is 29.4. The molecule has 0 aliphatic heterocycles. The van der Waals surface area contributed by atoms with Gasteiger partial charge in [-0.25, -0.2) is 0 Å². The van der Waals surface area contributed by atoms with Gasteiger partial charge in [-0.3, -0.25) is 9.59 Å². The topological polar surface area (TPSA) is 102 Å². The number of methoxy groups -OCH3 is 1. The number of rotatable bonds is 9. The second kappa shape index (κ2) is 11.3. The van der Waals surface area contributed by atoms with Gasteiger partial charge in [0.05, 0.1) is 7.11 Å². The van der Waals surface area contributed by atoms with Crippen LogP contribution in [0.15, 0.2) is 48.5 Å². The summed E-state index contributed by atoms with van der Waals surface area (Å²) < 4.78 is 5.23. The fourth-order valence-corrected chi connectivity index (χ4v) is 3.66. The van der Waals surface area contributed by atoms with Crippen LogP contribution in [0.4, 0.5) is 0 Å². The zero-order valence-electron chi connectivity index (χ0n) is 20.7. The first-order valence-electron chi connectivity index (χ1n) is 11.4. The van der Waals surface area contributed by atoms with Crippen LogP contribution in [0.2, 0.25) is 5.02 Å². The minimum absolute atomic E-state index is 0.157. The van der Waals surface area contributed by atoms with Crippen molar-refractivity contribution in [1.29, 1.82) is 0 Å². The first-order chi connectivity index (χ1) is 16.6. The molecule has 0 unspecified atom stereocenters. The highest BCUT2D eigenvalue weighted by atomic mass is 35.5. The van der Waals surface area contributed by atoms with E-state index in [2.05, 4.69) is 20.7 Å². The SMILES string of the molecule is CC[C@@H](C(=O)NC(C)(C)C)N(Cc1ccc(OC)cc1)C(=O)Cn1nnc(-c2ccc(Cl)cc2)n1. The van der Waals surface area contributed by atoms with Crippen molar-refractivity contribution in [3.63, 3.8) is 0 Å². The van der Waals surface area contributed by atoms with Crippen molar-refractivity contribution in [2.45, 2.75) is 58.8 Å². The molecular formula is C25H31ClN6O3. The van der Waals surface area contributed by atoms with E-state index in [9.17, 15) is 9.59 Å². The third-order valence-electron chi connectivity index (χ3n) is 5.23. The number of tetrazole rings is 1. The first-order valence-corrected chi connectivity index (χ1v) is 11.8. The summed E-state index contributed by atoms with van der Waals surface area (Å²) in [5.74, 6) is 0.589. The lowest BCUT2D eigenvalue weighted by atomic mass is 10.1. The van der Waals surface area contributed by atoms with Crippen molar-refractivity contribution in [2.24, 2.45) is 0 Å². The summed E-state index contributed by atoms with van der Waals surface area (Å²) >= 11 is 5.95. The molecule has 186 valence electrons. The Morgan fingerprint density at radius 3 is 2.34 bits per heavy atom. The molecule has 0 fully saturated rings. The second-order valence-corrected chi connectivity index (χ2v) is 9.62. The smallest absolute Gasteiger partial charge is 0.247 e. The minimum Gasteiger partial charge on any atom is -0.497 e. The van der Waals surface area contributed by atoms with Crippen molar-refractivity contribution in [3.05, 3.63) is 59.1 Å². The number of amides is 2. The normalized spacial score (nSPS) is 12.2. The fraction of sp³-hybridized carbons (Fsp3) is 0.400. The second-order valence-electron chi connectivity index (χ2n) is 9.18. The number of benzene rings is 2. The van der Waals surface area contributed by atoms with E-state index in [4.69, 9.17) is 16.3 Å². The number of carbonyl (C=O) groups excluding carboxylic acids is 2. The molecule has 0 spiro atoms. The summed E-state index contributed by atoms with van der Waals surface area (Å²) in [6.45, 7) is 7.70. The number of nitrogens with one attached hydrogen (secondary N) is 1. The molecule has 0 radical (unpaired) electrons. The molecule has 9 nitrogen and oxygen atoms in total. The third-order valence-corrected chi connectivity index (χ3v) is 5.48. The van der Waals surface area contributed by atoms with Crippen LogP contribution in [-0.2, 0) is 22.7 Å². The number of hydrogen-bond acceptors (Lipinski definition) is 6. The third kappa shape index (κ3) is 7.26. The zero-order chi connectivity index (χ0) is 25.6. The van der Waals surface area contributed by atoms with Crippen LogP contribution in [0, 0.1) is 0 Å². The molecule has 1 N–H and O–H groups in total. The average Bonchev–Trinajstić information content (AvgIpc) is 3.27. The van der Waals surface area contributed by atoms with Crippen molar-refractivity contribution in [2.75, 3.05) is 7.11 Å². The predicted octanol–water partition coefficient (Wildman–Crippen LogP) is 3.72. The van der Waals surface area contributed by atoms with E-state index in [0.29, 0.717) is 23.0 Å². The lowest BCUT2D eigenvalue weighted by Gasteiger charge is -2.33. The van der Waals surface area contributed by atoms with Gasteiger partial charge in [0.2, 0.25) is 17.6 Å². The Morgan fingerprint density at radius 2 is 1.77 bits per heavy atom. The predicted molar refractivity (Wildman–Crippen MR) is 134 cm³/mol. The van der Waals surface area contributed by atoms with Crippen LogP contribution >= 0.6 is 11.6 Å². The molecule has 1 atom stereocenters. The average molecular weight is 499 g/mol. The highest BCUT2D eigenvalue weighted by Crippen LogP contribution is 2.19. The van der Waals surface area contributed by atoms with E-state index in [1.54, 1.807) is 36.3 Å². The molecular weight excluding hydrogens is 468 g/mol. The lowest BCUT2D eigenvalue weighted by Crippen LogP contribution is -2.54. The van der Waals surface area contributed by atoms with Crippen molar-refractivity contribution < 1.29 is 14.3 Å². The van der Waals surface area contributed by atoms with Crippen molar-refractivity contribution in [3.8, 4) is 17.1 Å². The van der Waals surface area contributed by atoms with Crippen LogP contribution in [0.25, 0.3) is 11.4 Å². The van der Waals surface area contributed by atoms with Crippen LogP contribution in [0.5, 0.6) is 5.75 Å². The summed E-state index contributed by atoms with van der Waals surface area (Å²) in [6, 6.07) is 13.8. The number of aromatic nitrogens is 4. The Labute approximate surface area is 210 Å². The standard InChI is InChI=1S/C25H31ClN6O3/c1-6-21(24(34)27-25(2,3)4)31(15-17-7-13-20(35-5)14-8-17)22(33)16-32-29-23(28-30-32)18-9-11-19(26)12-10-18/h7-14,21H,6,15-16H2,1-5H3,(H,27,34)/t21-/m0/s1. The molecule has 0 bridgehead atoms. The highest BCUT2D eigenvalue weighted by Gasteiger charge is 2.31. The Morgan fingerprint density at radius 1 is 1.11 bits per heavy atom. The molecule has 3 aromatic rings. The quantitative estimate of drug-likeness (QED) is 0.482. The van der Waals surface area contributed by atoms with Crippen LogP contribution in [0.3, 0.4) is 0 Å². The molecule has 10 heteroatoms. The lowest BCUT2D eigenvalue weighted by molar-refractivity contribution is -0.142. The fourth-order valence-electron chi connectivity index (χ4n) is 3.54. The Balaban J connectivity index is 1.84. The van der Waals surface area contributed by atoms with E-state index in [1.807, 2.05) is 52.0 Å². The number of ether oxygens (including phenoxy) is 1. The molecule has 0 aliphatic carbocycles. The number of nitrogens with zero attached hydrogens (tertiary/aromatic N) is 5. The molecule has 0 saturated carbocycles. The van der Waals surface area contributed by atoms with Gasteiger partial charge in [-0.15, -0.1) is 10.2 Å². The van der Waals surface area contributed by atoms with Crippen LogP contribution in [-0.4, -0.2) is 55.6 Å². The van der Waals surface area contributed by atoms with Gasteiger partial charge in [-0.05, 0) is 74.4 Å². The maximum absolute atomic E-state index is 13.5. The Bertz CT molecular complexity index is 1140. The van der Waals surface area contributed by atoms with E-state index in [0.717, 1.165) is 11.1 Å². The van der Waals surface area contributed by atoms with Gasteiger partial charge in [-0.2, -0.15) is 4.80 Å². The molecule has 35 heavy (non-hydrogen) atoms. The van der Waals surface area contributed by atoms with Crippen molar-refractivity contribution in [1.82, 2.24) is 30.4 Å². The Kier molecular flexibility index (Phi) is 8.45. The van der Waals surface area contributed by atoms with Crippen LogP contribution in [0.1, 0.15) is 39.7 Å². The summed E-state index contributed by atoms with van der Waals surface area (Å²) in [5.41, 5.74) is 1.18. The molecule has 0 aliphatic rings. The van der Waals surface area contributed by atoms with Gasteiger partial charge < -0.3 is 15.0 Å². The number of halogens is 1. The molecule has 3 rings (SSSR count). The van der Waals surface area contributed by atoms with Gasteiger partial charge in [0.1, 0.15) is 18.3 Å². The summed E-state index contributed by atoms with van der Waals surface area (Å²) in [5, 5.41) is 16.0. The van der Waals surface area contributed by atoms with Gasteiger partial charge >= 0.3 is 0 Å². The first kappa shape index (κ1) is 26.2. The number of carbonyl (C=O) groups is 2. The Hall–Kier alpha value is -3.46. The van der Waals surface area contributed by atoms with Gasteiger partial charge in [0.15, 0.2) is 0 Å². The van der Waals surface area contributed by atoms with Crippen LogP contribution < -0.4 is 10.1 Å². The molecule has 1 aromatic heterocycles. The van der Waals surface area contributed by atoms with Gasteiger partial charge in [-0.1, -0.05) is 30.7 Å². The maximum atomic E-state index is 13.5. The van der Waals surface area contributed by atoms with E-state index < -0.39 is 11.6 Å². The molecule has 1 heterocycles. The summed E-state index contributed by atoms with van der Waals surface area (Å²) in [7, 11) is 1.60. The van der Waals surface area contributed by atoms with E-state index >= 15 is 0 Å². The highest BCUT2D eigenvalue weighted by molar-refractivity contribution is 6.30. The summed E-state index contributed by atoms with van der Waals surface area (Å²) in [6.07, 6.45) is 0.449. The molecule has 0 saturated heterocycles. The van der Waals surface area contributed by atoms with E-state index in [-0.39, 0.29) is 24.9 Å². The molecule has 2 aromatic carbocycles. The van der Waals surface area contributed by atoms with Gasteiger partial charge in [0.25, 0.3) is 0 Å². The number of hydrogen-bond donors (Lipinski definition) is 1. The largest absolute Gasteiger partial charge is 0.497 e. The molecule has 2 amide bonds. The van der Waals surface area contributed by atoms with Gasteiger partial charge in [0, 0.05) is 22.7 Å².